The van der Waals surface area contributed by atoms with Crippen molar-refractivity contribution in [1.29, 1.82) is 0 Å². The average Bonchev–Trinajstić information content (AvgIpc) is 2.97. The molecular weight excluding hydrogens is 413 g/mol. The first-order valence-corrected chi connectivity index (χ1v) is 9.20. The van der Waals surface area contributed by atoms with E-state index in [1.165, 1.54) is 19.5 Å². The van der Waals surface area contributed by atoms with Gasteiger partial charge >= 0.3 is 5.97 Å². The summed E-state index contributed by atoms with van der Waals surface area (Å²) in [5.74, 6) is -1.00. The number of nitrogens with zero attached hydrogens (tertiary/aromatic N) is 2. The minimum atomic E-state index is -0.533. The highest BCUT2D eigenvalue weighted by molar-refractivity contribution is 7.20. The number of ether oxygens (including phenoxy) is 1. The van der Waals surface area contributed by atoms with Gasteiger partial charge in [-0.25, -0.2) is 9.78 Å². The number of aryl methyl sites for hydroxylation is 1. The lowest BCUT2D eigenvalue weighted by atomic mass is 10.2. The fourth-order valence-electron chi connectivity index (χ4n) is 2.50. The third-order valence-corrected chi connectivity index (χ3v) is 5.55. The van der Waals surface area contributed by atoms with E-state index in [2.05, 4.69) is 10.3 Å². The molecular formula is C17H13Cl2N3O4S. The lowest BCUT2D eigenvalue weighted by molar-refractivity contribution is -0.116. The van der Waals surface area contributed by atoms with Crippen molar-refractivity contribution >= 4 is 62.3 Å². The van der Waals surface area contributed by atoms with E-state index in [9.17, 15) is 14.4 Å². The van der Waals surface area contributed by atoms with Gasteiger partial charge in [-0.15, -0.1) is 11.3 Å². The number of hydrogen-bond donors (Lipinski definition) is 1. The number of nitrogens with one attached hydrogen (secondary N) is 1. The van der Waals surface area contributed by atoms with Gasteiger partial charge in [-0.1, -0.05) is 23.2 Å². The molecule has 140 valence electrons. The summed E-state index contributed by atoms with van der Waals surface area (Å²) in [4.78, 5) is 41.7. The van der Waals surface area contributed by atoms with E-state index in [4.69, 9.17) is 27.9 Å². The SMILES string of the molecule is COC(=O)c1sc2ncn(CC(=O)Nc3cc(Cl)ccc3Cl)c(=O)c2c1C. The van der Waals surface area contributed by atoms with Crippen LogP contribution in [-0.4, -0.2) is 28.5 Å². The number of benzene rings is 1. The molecule has 0 bridgehead atoms. The molecule has 7 nitrogen and oxygen atoms in total. The Hall–Kier alpha value is -2.42. The molecule has 1 N–H and O–H groups in total. The highest BCUT2D eigenvalue weighted by atomic mass is 35.5. The van der Waals surface area contributed by atoms with Crippen LogP contribution < -0.4 is 10.9 Å². The van der Waals surface area contributed by atoms with Crippen LogP contribution in [0.15, 0.2) is 29.3 Å². The maximum atomic E-state index is 12.7. The minimum Gasteiger partial charge on any atom is -0.465 e. The summed E-state index contributed by atoms with van der Waals surface area (Å²) in [7, 11) is 1.27. The van der Waals surface area contributed by atoms with Crippen LogP contribution in [0.25, 0.3) is 10.2 Å². The van der Waals surface area contributed by atoms with E-state index in [1.54, 1.807) is 19.1 Å². The molecule has 0 aliphatic rings. The molecule has 0 atom stereocenters. The molecule has 0 spiro atoms. The van der Waals surface area contributed by atoms with Crippen LogP contribution in [0.4, 0.5) is 5.69 Å². The van der Waals surface area contributed by atoms with Crippen LogP contribution >= 0.6 is 34.5 Å². The highest BCUT2D eigenvalue weighted by Gasteiger charge is 2.20. The normalized spacial score (nSPS) is 10.8. The molecule has 0 radical (unpaired) electrons. The monoisotopic (exact) mass is 425 g/mol. The van der Waals surface area contributed by atoms with Crippen LogP contribution in [0, 0.1) is 6.92 Å². The van der Waals surface area contributed by atoms with E-state index in [0.29, 0.717) is 31.0 Å². The van der Waals surface area contributed by atoms with Gasteiger partial charge in [-0.2, -0.15) is 0 Å². The first-order valence-electron chi connectivity index (χ1n) is 7.63. The third kappa shape index (κ3) is 3.83. The molecule has 2 heterocycles. The van der Waals surface area contributed by atoms with E-state index in [1.807, 2.05) is 0 Å². The first kappa shape index (κ1) is 19.3. The number of carbonyl (C=O) groups is 2. The summed E-state index contributed by atoms with van der Waals surface area (Å²) in [5, 5.41) is 3.64. The summed E-state index contributed by atoms with van der Waals surface area (Å²) in [5.41, 5.74) is 0.402. The maximum Gasteiger partial charge on any atom is 0.348 e. The number of hydrogen-bond acceptors (Lipinski definition) is 6. The van der Waals surface area contributed by atoms with Gasteiger partial charge < -0.3 is 10.1 Å². The number of thiophene rings is 1. The lowest BCUT2D eigenvalue weighted by Crippen LogP contribution is -2.28. The Morgan fingerprint density at radius 1 is 1.33 bits per heavy atom. The van der Waals surface area contributed by atoms with E-state index >= 15 is 0 Å². The zero-order chi connectivity index (χ0) is 19.7. The number of fused-ring (bicyclic) bond motifs is 1. The second-order valence-electron chi connectivity index (χ2n) is 5.58. The molecule has 1 aromatic carbocycles. The third-order valence-electron chi connectivity index (χ3n) is 3.80. The quantitative estimate of drug-likeness (QED) is 0.645. The largest absolute Gasteiger partial charge is 0.465 e. The number of rotatable bonds is 4. The Morgan fingerprint density at radius 2 is 2.07 bits per heavy atom. The predicted octanol–water partition coefficient (Wildman–Crippen LogP) is 3.50. The molecule has 1 amide bonds. The minimum absolute atomic E-state index is 0.270. The number of halogens is 2. The molecule has 0 fully saturated rings. The molecule has 0 aliphatic carbocycles. The Kier molecular flexibility index (Phi) is 5.50. The van der Waals surface area contributed by atoms with Crippen molar-refractivity contribution in [2.75, 3.05) is 12.4 Å². The van der Waals surface area contributed by atoms with Gasteiger partial charge in [0, 0.05) is 5.02 Å². The molecule has 3 rings (SSSR count). The average molecular weight is 426 g/mol. The number of amides is 1. The van der Waals surface area contributed by atoms with Gasteiger partial charge in [0.05, 0.1) is 29.5 Å². The van der Waals surface area contributed by atoms with Crippen molar-refractivity contribution in [3.05, 3.63) is 55.4 Å². The topological polar surface area (TPSA) is 90.3 Å². The zero-order valence-corrected chi connectivity index (χ0v) is 16.5. The zero-order valence-electron chi connectivity index (χ0n) is 14.2. The summed E-state index contributed by atoms with van der Waals surface area (Å²) >= 11 is 13.0. The Labute approximate surface area is 167 Å². The van der Waals surface area contributed by atoms with Gasteiger partial charge in [0.25, 0.3) is 5.56 Å². The van der Waals surface area contributed by atoms with Crippen LogP contribution in [-0.2, 0) is 16.1 Å². The summed E-state index contributed by atoms with van der Waals surface area (Å²) in [6.07, 6.45) is 1.26. The van der Waals surface area contributed by atoms with Gasteiger partial charge in [0.15, 0.2) is 0 Å². The van der Waals surface area contributed by atoms with E-state index in [-0.39, 0.29) is 11.9 Å². The van der Waals surface area contributed by atoms with Crippen LogP contribution in [0.5, 0.6) is 0 Å². The molecule has 10 heteroatoms. The fraction of sp³-hybridized carbons (Fsp3) is 0.176. The standard InChI is InChI=1S/C17H13Cl2N3O4S/c1-8-13-15(27-14(8)17(25)26-2)20-7-22(16(13)24)6-12(23)21-11-5-9(18)3-4-10(11)19/h3-5,7H,6H2,1-2H3,(H,21,23). The van der Waals surface area contributed by atoms with Crippen LogP contribution in [0.1, 0.15) is 15.2 Å². The Bertz CT molecular complexity index is 1120. The molecule has 3 aromatic rings. The van der Waals surface area contributed by atoms with Gasteiger partial charge in [0.2, 0.25) is 5.91 Å². The maximum absolute atomic E-state index is 12.7. The van der Waals surface area contributed by atoms with Crippen molar-refractivity contribution in [3.8, 4) is 0 Å². The second kappa shape index (κ2) is 7.67. The smallest absolute Gasteiger partial charge is 0.348 e. The molecule has 0 unspecified atom stereocenters. The molecule has 2 aromatic heterocycles. The summed E-state index contributed by atoms with van der Waals surface area (Å²) < 4.78 is 5.88. The lowest BCUT2D eigenvalue weighted by Gasteiger charge is -2.09. The van der Waals surface area contributed by atoms with Crippen molar-refractivity contribution in [2.24, 2.45) is 0 Å². The molecule has 27 heavy (non-hydrogen) atoms. The Morgan fingerprint density at radius 3 is 2.78 bits per heavy atom. The van der Waals surface area contributed by atoms with Crippen molar-refractivity contribution in [2.45, 2.75) is 13.5 Å². The van der Waals surface area contributed by atoms with Crippen molar-refractivity contribution < 1.29 is 14.3 Å². The van der Waals surface area contributed by atoms with Crippen LogP contribution in [0.3, 0.4) is 0 Å². The Balaban J connectivity index is 1.91. The predicted molar refractivity (Wildman–Crippen MR) is 105 cm³/mol. The van der Waals surface area contributed by atoms with Crippen LogP contribution in [0.2, 0.25) is 10.0 Å². The molecule has 0 aliphatic heterocycles. The number of methoxy groups -OCH3 is 1. The number of carbonyl (C=O) groups excluding carboxylic acids is 2. The van der Waals surface area contributed by atoms with Gasteiger partial charge in [0.1, 0.15) is 16.3 Å². The first-order chi connectivity index (χ1) is 12.8. The number of esters is 1. The van der Waals surface area contributed by atoms with Gasteiger partial charge in [-0.05, 0) is 30.7 Å². The number of anilines is 1. The molecule has 0 saturated carbocycles. The fourth-order valence-corrected chi connectivity index (χ4v) is 3.89. The van der Waals surface area contributed by atoms with Crippen molar-refractivity contribution in [1.82, 2.24) is 9.55 Å². The van der Waals surface area contributed by atoms with E-state index in [0.717, 1.165) is 15.9 Å². The number of aromatic nitrogens is 2. The highest BCUT2D eigenvalue weighted by Crippen LogP contribution is 2.27. The second-order valence-corrected chi connectivity index (χ2v) is 7.42. The van der Waals surface area contributed by atoms with E-state index < -0.39 is 17.4 Å². The molecule has 0 saturated heterocycles. The summed E-state index contributed by atoms with van der Waals surface area (Å²) in [6, 6.07) is 4.67. The summed E-state index contributed by atoms with van der Waals surface area (Å²) in [6.45, 7) is 1.37. The van der Waals surface area contributed by atoms with Crippen molar-refractivity contribution in [3.63, 3.8) is 0 Å². The van der Waals surface area contributed by atoms with Gasteiger partial charge in [-0.3, -0.25) is 14.2 Å².